The molecule has 2 heterocycles. The lowest BCUT2D eigenvalue weighted by Crippen LogP contribution is -2.46. The number of carbonyl (C=O) groups excluding carboxylic acids is 5. The molecule has 170 valence electrons. The summed E-state index contributed by atoms with van der Waals surface area (Å²) in [5.41, 5.74) is -2.16. The van der Waals surface area contributed by atoms with Crippen LogP contribution in [0, 0.1) is 22.7 Å². The van der Waals surface area contributed by atoms with E-state index in [9.17, 15) is 24.0 Å². The Morgan fingerprint density at radius 2 is 1.94 bits per heavy atom. The first-order valence-corrected chi connectivity index (χ1v) is 10.6. The lowest BCUT2D eigenvalue weighted by atomic mass is 9.73. The highest BCUT2D eigenvalue weighted by molar-refractivity contribution is 6.03. The van der Waals surface area contributed by atoms with Gasteiger partial charge < -0.3 is 23.7 Å². The summed E-state index contributed by atoms with van der Waals surface area (Å²) in [5.74, 6) is -4.13. The van der Waals surface area contributed by atoms with Crippen LogP contribution < -0.4 is 0 Å². The molecule has 6 atom stereocenters. The van der Waals surface area contributed by atoms with Crippen LogP contribution in [0.4, 0.5) is 0 Å². The fourth-order valence-electron chi connectivity index (χ4n) is 4.89. The number of fused-ring (bicyclic) bond motifs is 1. The first kappa shape index (κ1) is 21.6. The highest BCUT2D eigenvalue weighted by atomic mass is 16.6. The number of cyclic esters (lactones) is 1. The Labute approximate surface area is 178 Å². The topological polar surface area (TPSA) is 132 Å². The van der Waals surface area contributed by atoms with Gasteiger partial charge in [-0.15, -0.1) is 0 Å². The maximum absolute atomic E-state index is 12.8. The number of hydrogen-bond donors (Lipinski definition) is 0. The minimum atomic E-state index is -1.49. The molecule has 6 unspecified atom stereocenters. The lowest BCUT2D eigenvalue weighted by Gasteiger charge is -2.32. The average molecular weight is 438 g/mol. The molecule has 2 aliphatic heterocycles. The highest BCUT2D eigenvalue weighted by Crippen LogP contribution is 2.63. The minimum Gasteiger partial charge on any atom is -0.463 e. The van der Waals surface area contributed by atoms with Crippen molar-refractivity contribution in [2.75, 3.05) is 13.2 Å². The summed E-state index contributed by atoms with van der Waals surface area (Å²) in [6.07, 6.45) is -0.813. The normalized spacial score (nSPS) is 35.5. The van der Waals surface area contributed by atoms with Gasteiger partial charge in [-0.05, 0) is 33.1 Å². The molecule has 10 heteroatoms. The third kappa shape index (κ3) is 3.36. The molecule has 2 bridgehead atoms. The SMILES string of the molecule is CCC(C)(C)C(=O)OC1C2CC3C1OC(=O)C3(C(=O)OCC(=O)OC1CCOC1=O)C2. The summed E-state index contributed by atoms with van der Waals surface area (Å²) >= 11 is 0. The zero-order valence-corrected chi connectivity index (χ0v) is 17.7. The molecule has 0 radical (unpaired) electrons. The van der Waals surface area contributed by atoms with Crippen LogP contribution in [0.1, 0.15) is 46.5 Å². The molecular formula is C21H26O10. The Bertz CT molecular complexity index is 832. The van der Waals surface area contributed by atoms with Gasteiger partial charge in [0.15, 0.2) is 12.0 Å². The van der Waals surface area contributed by atoms with E-state index in [0.29, 0.717) is 12.8 Å². The van der Waals surface area contributed by atoms with Crippen molar-refractivity contribution in [3.8, 4) is 0 Å². The van der Waals surface area contributed by atoms with Gasteiger partial charge in [-0.2, -0.15) is 0 Å². The van der Waals surface area contributed by atoms with Gasteiger partial charge in [0.1, 0.15) is 12.2 Å². The van der Waals surface area contributed by atoms with E-state index in [1.165, 1.54) is 0 Å². The second kappa shape index (κ2) is 7.49. The summed E-state index contributed by atoms with van der Waals surface area (Å²) in [4.78, 5) is 61.3. The molecule has 4 aliphatic rings. The van der Waals surface area contributed by atoms with Crippen LogP contribution in [-0.2, 0) is 47.7 Å². The fraction of sp³-hybridized carbons (Fsp3) is 0.762. The summed E-state index contributed by atoms with van der Waals surface area (Å²) in [6.45, 7) is 4.91. The van der Waals surface area contributed by atoms with Crippen molar-refractivity contribution in [3.05, 3.63) is 0 Å². The van der Waals surface area contributed by atoms with E-state index in [1.807, 2.05) is 6.92 Å². The van der Waals surface area contributed by atoms with Crippen molar-refractivity contribution in [2.24, 2.45) is 22.7 Å². The predicted octanol–water partition coefficient (Wildman–Crippen LogP) is 0.688. The van der Waals surface area contributed by atoms with E-state index in [1.54, 1.807) is 13.8 Å². The summed E-state index contributed by atoms with van der Waals surface area (Å²) in [6, 6.07) is 0. The molecule has 4 rings (SSSR count). The van der Waals surface area contributed by atoms with Crippen LogP contribution in [0.2, 0.25) is 0 Å². The Morgan fingerprint density at radius 3 is 2.58 bits per heavy atom. The smallest absolute Gasteiger partial charge is 0.347 e. The first-order chi connectivity index (χ1) is 14.6. The van der Waals surface area contributed by atoms with E-state index in [-0.39, 0.29) is 31.3 Å². The third-order valence-electron chi connectivity index (χ3n) is 7.09. The molecule has 2 saturated carbocycles. The molecule has 0 aromatic heterocycles. The van der Waals surface area contributed by atoms with Crippen LogP contribution in [-0.4, -0.2) is 61.4 Å². The maximum atomic E-state index is 12.8. The second-order valence-corrected chi connectivity index (χ2v) is 9.27. The zero-order chi connectivity index (χ0) is 22.6. The van der Waals surface area contributed by atoms with Gasteiger partial charge in [0.25, 0.3) is 0 Å². The van der Waals surface area contributed by atoms with Gasteiger partial charge in [-0.3, -0.25) is 14.4 Å². The highest BCUT2D eigenvalue weighted by Gasteiger charge is 2.75. The third-order valence-corrected chi connectivity index (χ3v) is 7.09. The van der Waals surface area contributed by atoms with Crippen LogP contribution in [0.25, 0.3) is 0 Å². The van der Waals surface area contributed by atoms with Gasteiger partial charge in [0.2, 0.25) is 6.10 Å². The summed E-state index contributed by atoms with van der Waals surface area (Å²) < 4.78 is 25.9. The fourth-order valence-corrected chi connectivity index (χ4v) is 4.89. The van der Waals surface area contributed by atoms with Gasteiger partial charge in [0, 0.05) is 18.3 Å². The predicted molar refractivity (Wildman–Crippen MR) is 98.9 cm³/mol. The van der Waals surface area contributed by atoms with E-state index in [4.69, 9.17) is 23.7 Å². The zero-order valence-electron chi connectivity index (χ0n) is 17.7. The number of rotatable bonds is 7. The largest absolute Gasteiger partial charge is 0.463 e. The molecule has 2 saturated heterocycles. The van der Waals surface area contributed by atoms with Crippen molar-refractivity contribution in [2.45, 2.75) is 64.8 Å². The first-order valence-electron chi connectivity index (χ1n) is 10.6. The average Bonchev–Trinajstić information content (AvgIpc) is 3.44. The monoisotopic (exact) mass is 438 g/mol. The molecule has 31 heavy (non-hydrogen) atoms. The van der Waals surface area contributed by atoms with Crippen molar-refractivity contribution < 1.29 is 47.7 Å². The van der Waals surface area contributed by atoms with Crippen molar-refractivity contribution in [1.29, 1.82) is 0 Å². The van der Waals surface area contributed by atoms with Crippen LogP contribution >= 0.6 is 0 Å². The van der Waals surface area contributed by atoms with Gasteiger partial charge in [0.05, 0.1) is 12.0 Å². The van der Waals surface area contributed by atoms with Crippen molar-refractivity contribution >= 4 is 29.8 Å². The molecule has 4 fully saturated rings. The Balaban J connectivity index is 1.38. The maximum Gasteiger partial charge on any atom is 0.347 e. The lowest BCUT2D eigenvalue weighted by molar-refractivity contribution is -0.174. The van der Waals surface area contributed by atoms with E-state index in [2.05, 4.69) is 0 Å². The Morgan fingerprint density at radius 1 is 1.19 bits per heavy atom. The molecule has 0 amide bonds. The van der Waals surface area contributed by atoms with Crippen LogP contribution in [0.5, 0.6) is 0 Å². The molecule has 0 N–H and O–H groups in total. The van der Waals surface area contributed by atoms with Crippen LogP contribution in [0.3, 0.4) is 0 Å². The number of esters is 5. The Kier molecular flexibility index (Phi) is 5.21. The minimum absolute atomic E-state index is 0.139. The summed E-state index contributed by atoms with van der Waals surface area (Å²) in [7, 11) is 0. The van der Waals surface area contributed by atoms with Gasteiger partial charge >= 0.3 is 29.8 Å². The molecule has 10 nitrogen and oxygen atoms in total. The molecular weight excluding hydrogens is 412 g/mol. The van der Waals surface area contributed by atoms with Crippen molar-refractivity contribution in [3.63, 3.8) is 0 Å². The van der Waals surface area contributed by atoms with E-state index < -0.39 is 65.5 Å². The second-order valence-electron chi connectivity index (χ2n) is 9.27. The number of ether oxygens (including phenoxy) is 5. The molecule has 0 aromatic rings. The number of carbonyl (C=O) groups is 5. The van der Waals surface area contributed by atoms with E-state index in [0.717, 1.165) is 0 Å². The van der Waals surface area contributed by atoms with Gasteiger partial charge in [-0.1, -0.05) is 6.92 Å². The number of hydrogen-bond acceptors (Lipinski definition) is 10. The van der Waals surface area contributed by atoms with Gasteiger partial charge in [-0.25, -0.2) is 9.59 Å². The van der Waals surface area contributed by atoms with Crippen molar-refractivity contribution in [1.82, 2.24) is 0 Å². The standard InChI is InChI=1S/C21H26O10/c1-4-20(2,3)17(24)30-14-10-7-11-15(14)31-19(26)21(11,8-10)18(25)28-9-13(22)29-12-5-6-27-16(12)23/h10-12,14-15H,4-9H2,1-3H3. The van der Waals surface area contributed by atoms with Crippen LogP contribution in [0.15, 0.2) is 0 Å². The molecule has 0 spiro atoms. The Hall–Kier alpha value is -2.65. The molecule has 0 aromatic carbocycles. The quantitative estimate of drug-likeness (QED) is 0.318. The van der Waals surface area contributed by atoms with E-state index >= 15 is 0 Å². The summed E-state index contributed by atoms with van der Waals surface area (Å²) in [5, 5.41) is 0. The molecule has 2 aliphatic carbocycles.